The summed E-state index contributed by atoms with van der Waals surface area (Å²) < 4.78 is 42.2. The lowest BCUT2D eigenvalue weighted by molar-refractivity contribution is -0.119. The molecule has 47 heavy (non-hydrogen) atoms. The maximum atomic E-state index is 15.3. The summed E-state index contributed by atoms with van der Waals surface area (Å²) in [5.41, 5.74) is 1.99. The van der Waals surface area contributed by atoms with E-state index in [1.165, 1.54) is 36.8 Å². The van der Waals surface area contributed by atoms with E-state index >= 15 is 8.78 Å². The van der Waals surface area contributed by atoms with Gasteiger partial charge in [-0.3, -0.25) is 9.48 Å². The predicted molar refractivity (Wildman–Crippen MR) is 169 cm³/mol. The molecule has 0 bridgehead atoms. The zero-order valence-electron chi connectivity index (χ0n) is 25.1. The van der Waals surface area contributed by atoms with Gasteiger partial charge in [0.15, 0.2) is 5.82 Å². The molecule has 0 radical (unpaired) electrons. The quantitative estimate of drug-likeness (QED) is 0.166. The van der Waals surface area contributed by atoms with Gasteiger partial charge >= 0.3 is 0 Å². The second-order valence-corrected chi connectivity index (χ2v) is 9.94. The maximum Gasteiger partial charge on any atom is 0.250 e. The van der Waals surface area contributed by atoms with Crippen LogP contribution in [-0.2, 0) is 16.1 Å². The Labute approximate surface area is 266 Å². The normalized spacial score (nSPS) is 11.0. The number of benzene rings is 2. The molecule has 0 aliphatic heterocycles. The fourth-order valence-electron chi connectivity index (χ4n) is 4.74. The lowest BCUT2D eigenvalue weighted by Gasteiger charge is -2.13. The van der Waals surface area contributed by atoms with Crippen molar-refractivity contribution >= 4 is 45.5 Å². The Kier molecular flexibility index (Phi) is 9.10. The SMILES string of the molecule is CCOc1cc(F)c(Cn2nc(-c3ncc(NC(=O)COC)cn3)c3c(Nc4ccncn4)cc(Nc4ccncn4)cc32)c(F)c1. The molecule has 6 rings (SSSR count). The molecule has 4 aromatic heterocycles. The lowest BCUT2D eigenvalue weighted by atomic mass is 10.1. The molecule has 0 saturated heterocycles. The molecule has 0 aliphatic rings. The van der Waals surface area contributed by atoms with Crippen LogP contribution in [0, 0.1) is 11.6 Å². The molecule has 2 aromatic carbocycles. The number of halogens is 2. The number of hydrogen-bond acceptors (Lipinski definition) is 12. The highest BCUT2D eigenvalue weighted by Crippen LogP contribution is 2.38. The van der Waals surface area contributed by atoms with Crippen LogP contribution in [0.2, 0.25) is 0 Å². The van der Waals surface area contributed by atoms with Gasteiger partial charge in [0.1, 0.15) is 54.0 Å². The third kappa shape index (κ3) is 7.07. The van der Waals surface area contributed by atoms with Gasteiger partial charge < -0.3 is 25.4 Å². The summed E-state index contributed by atoms with van der Waals surface area (Å²) in [5, 5.41) is 14.5. The summed E-state index contributed by atoms with van der Waals surface area (Å²) in [7, 11) is 1.41. The number of rotatable bonds is 12. The lowest BCUT2D eigenvalue weighted by Crippen LogP contribution is -2.17. The molecule has 0 saturated carbocycles. The Balaban J connectivity index is 1.52. The van der Waals surface area contributed by atoms with E-state index in [0.29, 0.717) is 45.3 Å². The van der Waals surface area contributed by atoms with Gasteiger partial charge in [0.2, 0.25) is 5.91 Å². The van der Waals surface area contributed by atoms with Gasteiger partial charge in [-0.25, -0.2) is 38.7 Å². The van der Waals surface area contributed by atoms with E-state index in [1.807, 2.05) is 0 Å². The molecule has 0 unspecified atom stereocenters. The summed E-state index contributed by atoms with van der Waals surface area (Å²) in [6, 6.07) is 9.22. The summed E-state index contributed by atoms with van der Waals surface area (Å²) >= 11 is 0. The molecule has 238 valence electrons. The summed E-state index contributed by atoms with van der Waals surface area (Å²) in [6.45, 7) is 1.56. The van der Waals surface area contributed by atoms with Crippen molar-refractivity contribution in [3.63, 3.8) is 0 Å². The Bertz CT molecular complexity index is 1990. The van der Waals surface area contributed by atoms with Crippen molar-refractivity contribution in [1.82, 2.24) is 39.7 Å². The van der Waals surface area contributed by atoms with E-state index in [0.717, 1.165) is 12.1 Å². The van der Waals surface area contributed by atoms with Crippen LogP contribution in [0.4, 0.5) is 37.5 Å². The van der Waals surface area contributed by atoms with E-state index in [2.05, 4.69) is 45.9 Å². The van der Waals surface area contributed by atoms with Gasteiger partial charge in [0.05, 0.1) is 47.8 Å². The van der Waals surface area contributed by atoms with Gasteiger partial charge in [-0.1, -0.05) is 0 Å². The molecule has 0 aliphatic carbocycles. The molecule has 0 spiro atoms. The van der Waals surface area contributed by atoms with Crippen LogP contribution in [-0.4, -0.2) is 65.9 Å². The molecule has 16 heteroatoms. The number of amides is 1. The molecule has 4 heterocycles. The highest BCUT2D eigenvalue weighted by atomic mass is 19.1. The summed E-state index contributed by atoms with van der Waals surface area (Å²) in [5.74, 6) is -0.708. The average Bonchev–Trinajstić information content (AvgIpc) is 3.43. The van der Waals surface area contributed by atoms with Gasteiger partial charge in [-0.05, 0) is 31.2 Å². The first-order valence-corrected chi connectivity index (χ1v) is 14.2. The van der Waals surface area contributed by atoms with Crippen molar-refractivity contribution in [1.29, 1.82) is 0 Å². The minimum Gasteiger partial charge on any atom is -0.494 e. The van der Waals surface area contributed by atoms with E-state index in [1.54, 1.807) is 43.6 Å². The Morgan fingerprint density at radius 1 is 0.894 bits per heavy atom. The number of methoxy groups -OCH3 is 1. The first-order chi connectivity index (χ1) is 22.9. The highest BCUT2D eigenvalue weighted by Gasteiger charge is 2.22. The van der Waals surface area contributed by atoms with Gasteiger partial charge in [0, 0.05) is 42.9 Å². The van der Waals surface area contributed by atoms with Crippen LogP contribution in [0.3, 0.4) is 0 Å². The van der Waals surface area contributed by atoms with Crippen LogP contribution in [0.5, 0.6) is 5.75 Å². The number of hydrogen-bond donors (Lipinski definition) is 3. The largest absolute Gasteiger partial charge is 0.494 e. The Hall–Kier alpha value is -6.16. The number of fused-ring (bicyclic) bond motifs is 1. The van der Waals surface area contributed by atoms with Crippen molar-refractivity contribution in [3.8, 4) is 17.3 Å². The first kappa shape index (κ1) is 30.8. The average molecular weight is 640 g/mol. The molecule has 1 amide bonds. The maximum absolute atomic E-state index is 15.3. The minimum absolute atomic E-state index is 0.0796. The number of carbonyl (C=O) groups is 1. The third-order valence-electron chi connectivity index (χ3n) is 6.71. The van der Waals surface area contributed by atoms with Gasteiger partial charge in [0.25, 0.3) is 0 Å². The van der Waals surface area contributed by atoms with Crippen LogP contribution < -0.4 is 20.7 Å². The second-order valence-electron chi connectivity index (χ2n) is 9.94. The van der Waals surface area contributed by atoms with E-state index in [4.69, 9.17) is 14.6 Å². The Morgan fingerprint density at radius 2 is 1.57 bits per heavy atom. The summed E-state index contributed by atoms with van der Waals surface area (Å²) in [4.78, 5) is 37.4. The number of ether oxygens (including phenoxy) is 2. The first-order valence-electron chi connectivity index (χ1n) is 14.2. The number of nitrogens with one attached hydrogen (secondary N) is 3. The van der Waals surface area contributed by atoms with Crippen LogP contribution in [0.1, 0.15) is 12.5 Å². The monoisotopic (exact) mass is 639 g/mol. The highest BCUT2D eigenvalue weighted by molar-refractivity contribution is 6.04. The van der Waals surface area contributed by atoms with Crippen molar-refractivity contribution in [3.05, 3.63) is 91.0 Å². The molecule has 14 nitrogen and oxygen atoms in total. The smallest absolute Gasteiger partial charge is 0.250 e. The zero-order valence-corrected chi connectivity index (χ0v) is 25.1. The van der Waals surface area contributed by atoms with Crippen LogP contribution >= 0.6 is 0 Å². The number of nitrogens with zero attached hydrogens (tertiary/aromatic N) is 8. The molecular weight excluding hydrogens is 612 g/mol. The third-order valence-corrected chi connectivity index (χ3v) is 6.71. The van der Waals surface area contributed by atoms with Gasteiger partial charge in [-0.15, -0.1) is 0 Å². The number of aromatic nitrogens is 8. The fraction of sp³-hybridized carbons (Fsp3) is 0.161. The molecular formula is C31H27F2N11O3. The molecule has 6 aromatic rings. The van der Waals surface area contributed by atoms with Crippen LogP contribution in [0.15, 0.2) is 73.8 Å². The second kappa shape index (κ2) is 13.9. The van der Waals surface area contributed by atoms with Crippen molar-refractivity contribution < 1.29 is 23.0 Å². The number of anilines is 5. The van der Waals surface area contributed by atoms with E-state index < -0.39 is 11.6 Å². The predicted octanol–water partition coefficient (Wildman–Crippen LogP) is 4.87. The summed E-state index contributed by atoms with van der Waals surface area (Å²) in [6.07, 6.45) is 8.82. The zero-order chi connectivity index (χ0) is 32.8. The minimum atomic E-state index is -0.791. The number of carbonyl (C=O) groups excluding carboxylic acids is 1. The van der Waals surface area contributed by atoms with Crippen LogP contribution in [0.25, 0.3) is 22.4 Å². The fourth-order valence-corrected chi connectivity index (χ4v) is 4.74. The molecule has 0 atom stereocenters. The van der Waals surface area contributed by atoms with E-state index in [9.17, 15) is 4.79 Å². The van der Waals surface area contributed by atoms with Crippen molar-refractivity contribution in [2.45, 2.75) is 13.5 Å². The molecule has 3 N–H and O–H groups in total. The standard InChI is InChI=1S/C31H27F2N11O3/c1-3-47-20-10-22(32)21(23(33)11-20)14-44-25-9-18(40-26-4-6-34-16-38-26)8-24(42-27-5-7-35-17-39-27)29(25)30(43-44)31-36-12-19(13-37-31)41-28(45)15-46-2/h4-13,16-17H,3,14-15H2,1-2H3,(H,41,45)(H,34,38,40)(H,35,39,42). The van der Waals surface area contributed by atoms with E-state index in [-0.39, 0.29) is 42.8 Å². The Morgan fingerprint density at radius 3 is 2.19 bits per heavy atom. The van der Waals surface area contributed by atoms with Crippen molar-refractivity contribution in [2.24, 2.45) is 0 Å². The van der Waals surface area contributed by atoms with Gasteiger partial charge in [-0.2, -0.15) is 5.10 Å². The topological polar surface area (TPSA) is 167 Å². The van der Waals surface area contributed by atoms with Crippen molar-refractivity contribution in [2.75, 3.05) is 36.3 Å². The molecule has 0 fully saturated rings.